The second-order valence-corrected chi connectivity index (χ2v) is 6.02. The van der Waals surface area contributed by atoms with Crippen molar-refractivity contribution in [2.75, 3.05) is 18.6 Å². The Kier molecular flexibility index (Phi) is 7.96. The number of carbonyl (C=O) groups excluding carboxylic acids is 1. The molecule has 0 bridgehead atoms. The van der Waals surface area contributed by atoms with Crippen LogP contribution < -0.4 is 16.6 Å². The Morgan fingerprint density at radius 1 is 1.43 bits per heavy atom. The highest BCUT2D eigenvalue weighted by molar-refractivity contribution is 6.39. The number of hydrogen-bond acceptors (Lipinski definition) is 10. The standard InChI is InChI=1S/C17H23N10O3/c1-3-26(4-2)10-13-14(21-25-27(13)16(19)15(18)24-30)17(28)22-20-9-11-6-5-7-12(8-11)23-29/h5-9,19,23,30H,3-4,10H2,1-2H3,(H2,18,24)(H,22,28)/q-1/b19-16?,20-9+. The van der Waals surface area contributed by atoms with Crippen LogP contribution >= 0.6 is 0 Å². The number of nitrogens with zero attached hydrogens (tertiary/aromatic N) is 6. The average molecular weight is 415 g/mol. The Morgan fingerprint density at radius 3 is 2.80 bits per heavy atom. The minimum Gasteiger partial charge on any atom is -0.761 e. The van der Waals surface area contributed by atoms with Crippen LogP contribution in [-0.2, 0) is 6.54 Å². The largest absolute Gasteiger partial charge is 0.761 e. The van der Waals surface area contributed by atoms with Crippen LogP contribution in [0, 0.1) is 10.6 Å². The molecule has 160 valence electrons. The molecule has 0 radical (unpaired) electrons. The third-order valence-corrected chi connectivity index (χ3v) is 4.19. The third-order valence-electron chi connectivity index (χ3n) is 4.19. The van der Waals surface area contributed by atoms with E-state index in [1.165, 1.54) is 6.21 Å². The highest BCUT2D eigenvalue weighted by Gasteiger charge is 2.24. The first-order chi connectivity index (χ1) is 14.4. The number of anilines is 1. The average Bonchev–Trinajstić information content (AvgIpc) is 3.19. The minimum atomic E-state index is -0.648. The summed E-state index contributed by atoms with van der Waals surface area (Å²) in [6.07, 6.45) is 1.37. The molecule has 0 unspecified atom stereocenters. The molecule has 0 aliphatic carbocycles. The van der Waals surface area contributed by atoms with Crippen molar-refractivity contribution in [3.8, 4) is 0 Å². The Hall–Kier alpha value is -3.84. The summed E-state index contributed by atoms with van der Waals surface area (Å²) in [5.41, 5.74) is 10.8. The molecule has 1 amide bonds. The van der Waals surface area contributed by atoms with E-state index in [4.69, 9.17) is 16.4 Å². The molecule has 6 N–H and O–H groups in total. The van der Waals surface area contributed by atoms with Crippen molar-refractivity contribution in [3.05, 3.63) is 46.4 Å². The van der Waals surface area contributed by atoms with Crippen LogP contribution in [0.5, 0.6) is 0 Å². The number of carbonyl (C=O) groups is 1. The van der Waals surface area contributed by atoms with Gasteiger partial charge in [-0.25, -0.2) is 5.43 Å². The molecule has 1 aromatic carbocycles. The molecule has 0 aliphatic heterocycles. The number of amidine groups is 1. The first-order valence-corrected chi connectivity index (χ1v) is 9.00. The molecule has 1 aromatic heterocycles. The molecule has 13 nitrogen and oxygen atoms in total. The zero-order chi connectivity index (χ0) is 22.1. The summed E-state index contributed by atoms with van der Waals surface area (Å²) >= 11 is 0. The summed E-state index contributed by atoms with van der Waals surface area (Å²) in [5, 5.41) is 41.9. The first kappa shape index (κ1) is 22.4. The van der Waals surface area contributed by atoms with E-state index in [2.05, 4.69) is 26.0 Å². The highest BCUT2D eigenvalue weighted by Crippen LogP contribution is 2.11. The van der Waals surface area contributed by atoms with Crippen LogP contribution in [0.1, 0.15) is 35.6 Å². The van der Waals surface area contributed by atoms with E-state index in [0.717, 1.165) is 4.68 Å². The number of hydrogen-bond donors (Lipinski definition) is 5. The van der Waals surface area contributed by atoms with E-state index in [1.54, 1.807) is 29.7 Å². The van der Waals surface area contributed by atoms with Gasteiger partial charge in [0, 0.05) is 12.2 Å². The zero-order valence-electron chi connectivity index (χ0n) is 16.5. The van der Waals surface area contributed by atoms with Gasteiger partial charge in [-0.2, -0.15) is 9.78 Å². The lowest BCUT2D eigenvalue weighted by Crippen LogP contribution is -2.34. The van der Waals surface area contributed by atoms with Crippen LogP contribution in [0.2, 0.25) is 0 Å². The lowest BCUT2D eigenvalue weighted by atomic mass is 10.2. The zero-order valence-corrected chi connectivity index (χ0v) is 16.5. The number of hydrazone groups is 1. The first-order valence-electron chi connectivity index (χ1n) is 9.00. The molecule has 1 heterocycles. The fourth-order valence-corrected chi connectivity index (χ4v) is 2.52. The Bertz CT molecular complexity index is 949. The van der Waals surface area contributed by atoms with Gasteiger partial charge in [0.2, 0.25) is 5.84 Å². The Balaban J connectivity index is 2.27. The summed E-state index contributed by atoms with van der Waals surface area (Å²) in [7, 11) is 0. The number of benzene rings is 1. The fourth-order valence-electron chi connectivity index (χ4n) is 2.52. The van der Waals surface area contributed by atoms with E-state index in [-0.39, 0.29) is 12.2 Å². The van der Waals surface area contributed by atoms with Gasteiger partial charge in [-0.15, -0.1) is 5.10 Å². The lowest BCUT2D eigenvalue weighted by Gasteiger charge is -2.18. The SMILES string of the molecule is CCN(CC)Cc1c(C(=O)N/N=C/c2cccc(N[O-])c2)nnn1C(=N)/C(N)=N\O. The second kappa shape index (κ2) is 10.6. The second-order valence-electron chi connectivity index (χ2n) is 6.02. The maximum atomic E-state index is 12.6. The van der Waals surface area contributed by atoms with Gasteiger partial charge in [0.15, 0.2) is 11.5 Å². The van der Waals surface area contributed by atoms with Crippen molar-refractivity contribution in [1.82, 2.24) is 25.3 Å². The van der Waals surface area contributed by atoms with Crippen molar-refractivity contribution < 1.29 is 10.0 Å². The van der Waals surface area contributed by atoms with Gasteiger partial charge < -0.3 is 21.6 Å². The Morgan fingerprint density at radius 2 is 2.17 bits per heavy atom. The normalized spacial score (nSPS) is 11.8. The summed E-state index contributed by atoms with van der Waals surface area (Å²) in [6.45, 7) is 5.51. The molecular weight excluding hydrogens is 392 g/mol. The third kappa shape index (κ3) is 5.36. The lowest BCUT2D eigenvalue weighted by molar-refractivity contribution is 0.0948. The molecule has 30 heavy (non-hydrogen) atoms. The predicted octanol–water partition coefficient (Wildman–Crippen LogP) is 0.365. The van der Waals surface area contributed by atoms with Gasteiger partial charge in [-0.05, 0) is 30.8 Å². The minimum absolute atomic E-state index is 0.0514. The van der Waals surface area contributed by atoms with Crippen molar-refractivity contribution in [2.45, 2.75) is 20.4 Å². The van der Waals surface area contributed by atoms with Crippen LogP contribution in [0.15, 0.2) is 34.5 Å². The van der Waals surface area contributed by atoms with Crippen molar-refractivity contribution in [1.29, 1.82) is 5.41 Å². The monoisotopic (exact) mass is 415 g/mol. The maximum Gasteiger partial charge on any atom is 0.293 e. The van der Waals surface area contributed by atoms with E-state index in [1.807, 2.05) is 18.7 Å². The molecule has 0 atom stereocenters. The molecule has 2 rings (SSSR count). The van der Waals surface area contributed by atoms with Crippen molar-refractivity contribution >= 4 is 29.5 Å². The van der Waals surface area contributed by atoms with Crippen LogP contribution in [0.4, 0.5) is 5.69 Å². The van der Waals surface area contributed by atoms with Crippen molar-refractivity contribution in [2.24, 2.45) is 16.0 Å². The van der Waals surface area contributed by atoms with Gasteiger partial charge in [0.25, 0.3) is 5.91 Å². The van der Waals surface area contributed by atoms with Gasteiger partial charge in [0.1, 0.15) is 0 Å². The number of amides is 1. The van der Waals surface area contributed by atoms with E-state index in [0.29, 0.717) is 30.0 Å². The molecule has 2 aromatic rings. The number of nitrogens with one attached hydrogen (secondary N) is 3. The van der Waals surface area contributed by atoms with Crippen LogP contribution in [0.25, 0.3) is 0 Å². The summed E-state index contributed by atoms with van der Waals surface area (Å²) in [5.74, 6) is -1.54. The molecule has 0 spiro atoms. The van der Waals surface area contributed by atoms with Gasteiger partial charge >= 0.3 is 0 Å². The van der Waals surface area contributed by atoms with Gasteiger partial charge in [-0.3, -0.25) is 15.1 Å². The molecule has 0 saturated carbocycles. The van der Waals surface area contributed by atoms with Gasteiger partial charge in [-0.1, -0.05) is 36.3 Å². The number of aromatic nitrogens is 3. The summed E-state index contributed by atoms with van der Waals surface area (Å²) in [6, 6.07) is 6.52. The fraction of sp³-hybridized carbons (Fsp3) is 0.294. The van der Waals surface area contributed by atoms with Crippen LogP contribution in [-0.4, -0.2) is 62.0 Å². The van der Waals surface area contributed by atoms with E-state index >= 15 is 0 Å². The molecule has 0 fully saturated rings. The smallest absolute Gasteiger partial charge is 0.293 e. The topological polar surface area (TPSA) is 193 Å². The number of nitrogens with two attached hydrogens (primary N) is 1. The Labute approximate surface area is 172 Å². The van der Waals surface area contributed by atoms with Crippen molar-refractivity contribution in [3.63, 3.8) is 0 Å². The summed E-state index contributed by atoms with van der Waals surface area (Å²) in [4.78, 5) is 14.6. The molecule has 0 saturated heterocycles. The van der Waals surface area contributed by atoms with Gasteiger partial charge in [0.05, 0.1) is 11.9 Å². The van der Waals surface area contributed by atoms with E-state index in [9.17, 15) is 10.0 Å². The molecule has 13 heteroatoms. The highest BCUT2D eigenvalue weighted by atomic mass is 16.5. The summed E-state index contributed by atoms with van der Waals surface area (Å²) < 4.78 is 1.04. The molecular formula is C17H23N10O3-. The molecule has 0 aliphatic rings. The van der Waals surface area contributed by atoms with Crippen LogP contribution in [0.3, 0.4) is 0 Å². The quantitative estimate of drug-likeness (QED) is 0.176. The maximum absolute atomic E-state index is 12.6. The number of rotatable bonds is 8. The van der Waals surface area contributed by atoms with E-state index < -0.39 is 17.6 Å². The number of oxime groups is 1. The predicted molar refractivity (Wildman–Crippen MR) is 112 cm³/mol.